The van der Waals surface area contributed by atoms with Gasteiger partial charge in [0.15, 0.2) is 5.16 Å². The third-order valence-electron chi connectivity index (χ3n) is 3.87. The summed E-state index contributed by atoms with van der Waals surface area (Å²) in [5.74, 6) is 0.274. The normalized spacial score (nSPS) is 11.0. The number of amides is 1. The molecule has 5 nitrogen and oxygen atoms in total. The molecule has 0 aliphatic rings. The van der Waals surface area contributed by atoms with E-state index in [1.54, 1.807) is 33.9 Å². The van der Waals surface area contributed by atoms with Gasteiger partial charge < -0.3 is 4.90 Å². The maximum atomic E-state index is 12.6. The summed E-state index contributed by atoms with van der Waals surface area (Å²) in [5, 5.41) is 3.19. The molecule has 0 saturated heterocycles. The molecule has 2 aromatic heterocycles. The molecule has 25 heavy (non-hydrogen) atoms. The maximum Gasteiger partial charge on any atom is 0.262 e. The Morgan fingerprint density at radius 1 is 1.28 bits per heavy atom. The van der Waals surface area contributed by atoms with Gasteiger partial charge in [0.2, 0.25) is 5.91 Å². The number of nitrogens with zero attached hydrogens (tertiary/aromatic N) is 3. The van der Waals surface area contributed by atoms with Gasteiger partial charge in [-0.25, -0.2) is 4.98 Å². The maximum absolute atomic E-state index is 12.6. The van der Waals surface area contributed by atoms with E-state index in [1.807, 2.05) is 42.6 Å². The number of hydrogen-bond acceptors (Lipinski definition) is 5. The average Bonchev–Trinajstić information content (AvgIpc) is 3.12. The average molecular weight is 374 g/mol. The highest BCUT2D eigenvalue weighted by Gasteiger charge is 2.14. The zero-order valence-corrected chi connectivity index (χ0v) is 15.8. The lowest BCUT2D eigenvalue weighted by atomic mass is 10.2. The SMILES string of the molecule is CCn1c(SCC(=O)N(C)Cc2cccs2)nc2ccccc2c1=O. The largest absolute Gasteiger partial charge is 0.340 e. The van der Waals surface area contributed by atoms with Gasteiger partial charge in [-0.15, -0.1) is 11.3 Å². The molecule has 0 saturated carbocycles. The van der Waals surface area contributed by atoms with Crippen molar-refractivity contribution < 1.29 is 4.79 Å². The summed E-state index contributed by atoms with van der Waals surface area (Å²) in [6, 6.07) is 11.3. The van der Waals surface area contributed by atoms with E-state index >= 15 is 0 Å². The third kappa shape index (κ3) is 3.93. The number of carbonyl (C=O) groups excluding carboxylic acids is 1. The highest BCUT2D eigenvalue weighted by molar-refractivity contribution is 7.99. The number of carbonyl (C=O) groups is 1. The Bertz CT molecular complexity index is 935. The minimum atomic E-state index is -0.0602. The molecule has 0 atom stereocenters. The fourth-order valence-electron chi connectivity index (χ4n) is 2.50. The number of hydrogen-bond donors (Lipinski definition) is 0. The van der Waals surface area contributed by atoms with Crippen molar-refractivity contribution in [3.05, 3.63) is 57.0 Å². The first-order chi connectivity index (χ1) is 12.1. The molecule has 3 aromatic rings. The lowest BCUT2D eigenvalue weighted by Gasteiger charge is -2.16. The third-order valence-corrected chi connectivity index (χ3v) is 5.69. The Morgan fingerprint density at radius 2 is 2.08 bits per heavy atom. The molecule has 7 heteroatoms. The predicted octanol–water partition coefficient (Wildman–Crippen LogP) is 3.23. The molecule has 0 fully saturated rings. The van der Waals surface area contributed by atoms with Crippen LogP contribution in [0.15, 0.2) is 51.7 Å². The van der Waals surface area contributed by atoms with Gasteiger partial charge in [0.1, 0.15) is 0 Å². The van der Waals surface area contributed by atoms with Crippen molar-refractivity contribution in [2.75, 3.05) is 12.8 Å². The van der Waals surface area contributed by atoms with Gasteiger partial charge in [0, 0.05) is 18.5 Å². The van der Waals surface area contributed by atoms with Gasteiger partial charge in [0.25, 0.3) is 5.56 Å². The van der Waals surface area contributed by atoms with Crippen LogP contribution < -0.4 is 5.56 Å². The first kappa shape index (κ1) is 17.7. The number of thiophene rings is 1. The lowest BCUT2D eigenvalue weighted by molar-refractivity contribution is -0.127. The van der Waals surface area contributed by atoms with Gasteiger partial charge in [-0.3, -0.25) is 14.2 Å². The predicted molar refractivity (Wildman–Crippen MR) is 103 cm³/mol. The number of rotatable bonds is 6. The molecule has 0 spiro atoms. The number of fused-ring (bicyclic) bond motifs is 1. The zero-order chi connectivity index (χ0) is 17.8. The molecular formula is C18H19N3O2S2. The van der Waals surface area contributed by atoms with Crippen molar-refractivity contribution in [3.8, 4) is 0 Å². The van der Waals surface area contributed by atoms with Crippen molar-refractivity contribution in [2.45, 2.75) is 25.2 Å². The van der Waals surface area contributed by atoms with Crippen LogP contribution in [-0.4, -0.2) is 33.2 Å². The summed E-state index contributed by atoms with van der Waals surface area (Å²) in [4.78, 5) is 32.4. The smallest absolute Gasteiger partial charge is 0.262 e. The van der Waals surface area contributed by atoms with E-state index in [0.29, 0.717) is 29.1 Å². The molecule has 1 amide bonds. The van der Waals surface area contributed by atoms with E-state index in [2.05, 4.69) is 4.98 Å². The summed E-state index contributed by atoms with van der Waals surface area (Å²) in [6.45, 7) is 3.04. The van der Waals surface area contributed by atoms with Crippen LogP contribution in [0.5, 0.6) is 0 Å². The zero-order valence-electron chi connectivity index (χ0n) is 14.1. The highest BCUT2D eigenvalue weighted by Crippen LogP contribution is 2.19. The van der Waals surface area contributed by atoms with Crippen LogP contribution in [0.1, 0.15) is 11.8 Å². The highest BCUT2D eigenvalue weighted by atomic mass is 32.2. The number of para-hydroxylation sites is 1. The van der Waals surface area contributed by atoms with E-state index in [4.69, 9.17) is 0 Å². The summed E-state index contributed by atoms with van der Waals surface area (Å²) in [6.07, 6.45) is 0. The Morgan fingerprint density at radius 3 is 2.80 bits per heavy atom. The monoisotopic (exact) mass is 373 g/mol. The van der Waals surface area contributed by atoms with Gasteiger partial charge in [-0.2, -0.15) is 0 Å². The Labute approximate surface area is 154 Å². The van der Waals surface area contributed by atoms with Gasteiger partial charge in [-0.1, -0.05) is 30.0 Å². The molecule has 0 radical (unpaired) electrons. The first-order valence-corrected chi connectivity index (χ1v) is 9.85. The first-order valence-electron chi connectivity index (χ1n) is 7.99. The number of thioether (sulfide) groups is 1. The molecule has 1 aromatic carbocycles. The van der Waals surface area contributed by atoms with Gasteiger partial charge in [-0.05, 0) is 30.5 Å². The van der Waals surface area contributed by atoms with Crippen molar-refractivity contribution in [1.29, 1.82) is 0 Å². The second-order valence-electron chi connectivity index (χ2n) is 5.58. The minimum Gasteiger partial charge on any atom is -0.340 e. The number of aromatic nitrogens is 2. The van der Waals surface area contributed by atoms with Crippen LogP contribution in [0.25, 0.3) is 10.9 Å². The molecule has 0 aliphatic heterocycles. The molecular weight excluding hydrogens is 354 g/mol. The Balaban J connectivity index is 1.76. The van der Waals surface area contributed by atoms with E-state index in [1.165, 1.54) is 11.8 Å². The summed E-state index contributed by atoms with van der Waals surface area (Å²) >= 11 is 2.95. The number of benzene rings is 1. The Hall–Kier alpha value is -2.12. The van der Waals surface area contributed by atoms with Crippen LogP contribution in [0.2, 0.25) is 0 Å². The van der Waals surface area contributed by atoms with Gasteiger partial charge in [0.05, 0.1) is 23.2 Å². The summed E-state index contributed by atoms with van der Waals surface area (Å²) in [5.41, 5.74) is 0.606. The summed E-state index contributed by atoms with van der Waals surface area (Å²) < 4.78 is 1.62. The van der Waals surface area contributed by atoms with Crippen molar-refractivity contribution in [1.82, 2.24) is 14.5 Å². The molecule has 0 unspecified atom stereocenters. The molecule has 130 valence electrons. The Kier molecular flexibility index (Phi) is 5.55. The van der Waals surface area contributed by atoms with E-state index in [9.17, 15) is 9.59 Å². The van der Waals surface area contributed by atoms with Crippen molar-refractivity contribution >= 4 is 39.9 Å². The van der Waals surface area contributed by atoms with Crippen molar-refractivity contribution in [2.24, 2.45) is 0 Å². The van der Waals surface area contributed by atoms with Crippen LogP contribution in [0.4, 0.5) is 0 Å². The molecule has 3 rings (SSSR count). The van der Waals surface area contributed by atoms with Gasteiger partial charge >= 0.3 is 0 Å². The molecule has 0 aliphatic carbocycles. The van der Waals surface area contributed by atoms with E-state index in [0.717, 1.165) is 4.88 Å². The molecule has 0 N–H and O–H groups in total. The molecule has 0 bridgehead atoms. The van der Waals surface area contributed by atoms with Crippen LogP contribution in [-0.2, 0) is 17.9 Å². The second-order valence-corrected chi connectivity index (χ2v) is 7.55. The fourth-order valence-corrected chi connectivity index (χ4v) is 4.26. The van der Waals surface area contributed by atoms with Crippen molar-refractivity contribution in [3.63, 3.8) is 0 Å². The quantitative estimate of drug-likeness (QED) is 0.492. The summed E-state index contributed by atoms with van der Waals surface area (Å²) in [7, 11) is 1.79. The van der Waals surface area contributed by atoms with E-state index in [-0.39, 0.29) is 17.2 Å². The van der Waals surface area contributed by atoms with Crippen LogP contribution in [0.3, 0.4) is 0 Å². The standard InChI is InChI=1S/C18H19N3O2S2/c1-3-21-17(23)14-8-4-5-9-15(14)19-18(21)25-12-16(22)20(2)11-13-7-6-10-24-13/h4-10H,3,11-12H2,1-2H3. The topological polar surface area (TPSA) is 55.2 Å². The molecule has 2 heterocycles. The van der Waals surface area contributed by atoms with Crippen LogP contribution in [0, 0.1) is 0 Å². The minimum absolute atomic E-state index is 0.0171. The van der Waals surface area contributed by atoms with E-state index < -0.39 is 0 Å². The van der Waals surface area contributed by atoms with Crippen LogP contribution >= 0.6 is 23.1 Å². The second kappa shape index (κ2) is 7.84. The lowest BCUT2D eigenvalue weighted by Crippen LogP contribution is -2.28. The fraction of sp³-hybridized carbons (Fsp3) is 0.278.